The highest BCUT2D eigenvalue weighted by Gasteiger charge is 1.97. The third-order valence-corrected chi connectivity index (χ3v) is 2.85. The van der Waals surface area contributed by atoms with Gasteiger partial charge in [-0.05, 0) is 24.6 Å². The van der Waals surface area contributed by atoms with Gasteiger partial charge in [-0.1, -0.05) is 26.2 Å². The van der Waals surface area contributed by atoms with Crippen molar-refractivity contribution < 1.29 is 0 Å². The van der Waals surface area contributed by atoms with Gasteiger partial charge in [0.15, 0.2) is 5.82 Å². The maximum Gasteiger partial charge on any atom is 0.153 e. The quantitative estimate of drug-likeness (QED) is 0.760. The molecule has 4 heteroatoms. The molecule has 0 radical (unpaired) electrons. The predicted octanol–water partition coefficient (Wildman–Crippen LogP) is 3.26. The molecule has 0 atom stereocenters. The first kappa shape index (κ1) is 12.6. The molecule has 4 nitrogen and oxygen atoms in total. The van der Waals surface area contributed by atoms with Gasteiger partial charge in [0, 0.05) is 18.9 Å². The molecule has 1 N–H and O–H groups in total. The van der Waals surface area contributed by atoms with Crippen LogP contribution in [0.4, 0.5) is 5.69 Å². The largest absolute Gasteiger partial charge is 0.384 e. The molecule has 0 spiro atoms. The number of nitrogens with zero attached hydrogens (tertiary/aromatic N) is 3. The minimum atomic E-state index is 0.844. The molecule has 0 amide bonds. The van der Waals surface area contributed by atoms with Crippen LogP contribution in [-0.2, 0) is 0 Å². The lowest BCUT2D eigenvalue weighted by Crippen LogP contribution is -2.03. The molecule has 0 aliphatic heterocycles. The summed E-state index contributed by atoms with van der Waals surface area (Å²) in [6, 6.07) is 5.91. The summed E-state index contributed by atoms with van der Waals surface area (Å²) >= 11 is 0. The van der Waals surface area contributed by atoms with E-state index in [1.54, 1.807) is 10.9 Å². The van der Waals surface area contributed by atoms with E-state index in [4.69, 9.17) is 0 Å². The lowest BCUT2D eigenvalue weighted by Gasteiger charge is -2.06. The lowest BCUT2D eigenvalue weighted by molar-refractivity contribution is 0.685. The van der Waals surface area contributed by atoms with Gasteiger partial charge in [-0.3, -0.25) is 0 Å². The Bertz CT molecular complexity index is 433. The fourth-order valence-electron chi connectivity index (χ4n) is 1.81. The molecule has 0 saturated carbocycles. The van der Waals surface area contributed by atoms with Crippen molar-refractivity contribution in [3.63, 3.8) is 0 Å². The number of hydrogen-bond donors (Lipinski definition) is 1. The van der Waals surface area contributed by atoms with Gasteiger partial charge in [-0.15, -0.1) is 0 Å². The van der Waals surface area contributed by atoms with E-state index in [0.717, 1.165) is 18.1 Å². The van der Waals surface area contributed by atoms with E-state index in [0.29, 0.717) is 0 Å². The maximum absolute atomic E-state index is 4.37. The molecular formula is C14H20N4. The summed E-state index contributed by atoms with van der Waals surface area (Å²) in [5.74, 6) is 0.844. The first-order chi connectivity index (χ1) is 8.90. The van der Waals surface area contributed by atoms with E-state index in [9.17, 15) is 0 Å². The average molecular weight is 244 g/mol. The highest BCUT2D eigenvalue weighted by atomic mass is 15.3. The van der Waals surface area contributed by atoms with E-state index in [2.05, 4.69) is 22.3 Å². The third kappa shape index (κ3) is 3.58. The molecule has 2 aromatic heterocycles. The normalized spacial score (nSPS) is 10.5. The molecular weight excluding hydrogens is 224 g/mol. The van der Waals surface area contributed by atoms with Crippen molar-refractivity contribution in [3.05, 3.63) is 36.8 Å². The second kappa shape index (κ2) is 6.79. The van der Waals surface area contributed by atoms with Crippen LogP contribution in [0.25, 0.3) is 5.82 Å². The molecule has 0 unspecified atom stereocenters. The van der Waals surface area contributed by atoms with Gasteiger partial charge in [0.2, 0.25) is 0 Å². The summed E-state index contributed by atoms with van der Waals surface area (Å²) in [4.78, 5) is 4.37. The van der Waals surface area contributed by atoms with Gasteiger partial charge in [0.1, 0.15) is 0 Å². The van der Waals surface area contributed by atoms with Crippen molar-refractivity contribution in [3.8, 4) is 5.82 Å². The molecule has 2 aromatic rings. The van der Waals surface area contributed by atoms with Gasteiger partial charge in [-0.25, -0.2) is 9.67 Å². The summed E-state index contributed by atoms with van der Waals surface area (Å²) < 4.78 is 1.75. The van der Waals surface area contributed by atoms with Crippen molar-refractivity contribution in [2.24, 2.45) is 0 Å². The summed E-state index contributed by atoms with van der Waals surface area (Å²) in [7, 11) is 0. The Kier molecular flexibility index (Phi) is 4.76. The van der Waals surface area contributed by atoms with Crippen LogP contribution in [0.15, 0.2) is 36.8 Å². The molecule has 0 fully saturated rings. The number of pyridine rings is 1. The second-order valence-electron chi connectivity index (χ2n) is 4.34. The standard InChI is InChI=1S/C14H20N4/c1-2-3-4-5-9-15-13-7-8-14(16-12-13)18-11-6-10-17-18/h6-8,10-12,15H,2-5,9H2,1H3. The number of aromatic nitrogens is 3. The van der Waals surface area contributed by atoms with Crippen LogP contribution in [-0.4, -0.2) is 21.3 Å². The first-order valence-electron chi connectivity index (χ1n) is 6.60. The van der Waals surface area contributed by atoms with Crippen molar-refractivity contribution in [1.82, 2.24) is 14.8 Å². The first-order valence-corrected chi connectivity index (χ1v) is 6.60. The number of nitrogens with one attached hydrogen (secondary N) is 1. The molecule has 18 heavy (non-hydrogen) atoms. The molecule has 0 aliphatic carbocycles. The Hall–Kier alpha value is -1.84. The van der Waals surface area contributed by atoms with Gasteiger partial charge >= 0.3 is 0 Å². The lowest BCUT2D eigenvalue weighted by atomic mass is 10.2. The molecule has 0 aliphatic rings. The van der Waals surface area contributed by atoms with Crippen molar-refractivity contribution in [2.45, 2.75) is 32.6 Å². The Morgan fingerprint density at radius 3 is 2.83 bits per heavy atom. The summed E-state index contributed by atoms with van der Waals surface area (Å²) in [5, 5.41) is 7.53. The SMILES string of the molecule is CCCCCCNc1ccc(-n2cccn2)nc1. The van der Waals surface area contributed by atoms with Crippen LogP contribution in [0.5, 0.6) is 0 Å². The van der Waals surface area contributed by atoms with Crippen LogP contribution in [0.2, 0.25) is 0 Å². The van der Waals surface area contributed by atoms with Crippen LogP contribution in [0, 0.1) is 0 Å². The Labute approximate surface area is 108 Å². The molecule has 2 heterocycles. The van der Waals surface area contributed by atoms with E-state index in [1.165, 1.54) is 25.7 Å². The minimum absolute atomic E-state index is 0.844. The summed E-state index contributed by atoms with van der Waals surface area (Å²) in [6.07, 6.45) is 10.6. The third-order valence-electron chi connectivity index (χ3n) is 2.85. The summed E-state index contributed by atoms with van der Waals surface area (Å²) in [5.41, 5.74) is 1.07. The second-order valence-corrected chi connectivity index (χ2v) is 4.34. The molecule has 0 aromatic carbocycles. The number of hydrogen-bond acceptors (Lipinski definition) is 3. The van der Waals surface area contributed by atoms with E-state index in [1.807, 2.05) is 30.6 Å². The molecule has 0 saturated heterocycles. The fourth-order valence-corrected chi connectivity index (χ4v) is 1.81. The monoisotopic (exact) mass is 244 g/mol. The smallest absolute Gasteiger partial charge is 0.153 e. The number of rotatable bonds is 7. The van der Waals surface area contributed by atoms with Gasteiger partial charge in [0.25, 0.3) is 0 Å². The highest BCUT2D eigenvalue weighted by Crippen LogP contribution is 2.09. The number of anilines is 1. The fraction of sp³-hybridized carbons (Fsp3) is 0.429. The van der Waals surface area contributed by atoms with Crippen molar-refractivity contribution in [1.29, 1.82) is 0 Å². The minimum Gasteiger partial charge on any atom is -0.384 e. The Balaban J connectivity index is 1.81. The van der Waals surface area contributed by atoms with Crippen LogP contribution in [0.3, 0.4) is 0 Å². The zero-order valence-corrected chi connectivity index (χ0v) is 10.8. The molecule has 0 bridgehead atoms. The van der Waals surface area contributed by atoms with Gasteiger partial charge in [0.05, 0.1) is 11.9 Å². The molecule has 2 rings (SSSR count). The van der Waals surface area contributed by atoms with Crippen LogP contribution in [0.1, 0.15) is 32.6 Å². The highest BCUT2D eigenvalue weighted by molar-refractivity contribution is 5.43. The maximum atomic E-state index is 4.37. The zero-order valence-electron chi connectivity index (χ0n) is 10.8. The van der Waals surface area contributed by atoms with Crippen molar-refractivity contribution in [2.75, 3.05) is 11.9 Å². The van der Waals surface area contributed by atoms with Gasteiger partial charge in [-0.2, -0.15) is 5.10 Å². The van der Waals surface area contributed by atoms with E-state index in [-0.39, 0.29) is 0 Å². The van der Waals surface area contributed by atoms with Crippen LogP contribution >= 0.6 is 0 Å². The average Bonchev–Trinajstić information content (AvgIpc) is 2.93. The number of unbranched alkanes of at least 4 members (excludes halogenated alkanes) is 3. The zero-order chi connectivity index (χ0) is 12.6. The molecule has 96 valence electrons. The van der Waals surface area contributed by atoms with E-state index < -0.39 is 0 Å². The predicted molar refractivity (Wildman–Crippen MR) is 74.0 cm³/mol. The summed E-state index contributed by atoms with van der Waals surface area (Å²) in [6.45, 7) is 3.24. The van der Waals surface area contributed by atoms with Crippen LogP contribution < -0.4 is 5.32 Å². The topological polar surface area (TPSA) is 42.7 Å². The Morgan fingerprint density at radius 1 is 1.22 bits per heavy atom. The Morgan fingerprint density at radius 2 is 2.17 bits per heavy atom. The van der Waals surface area contributed by atoms with Gasteiger partial charge < -0.3 is 5.32 Å². The van der Waals surface area contributed by atoms with Crippen molar-refractivity contribution >= 4 is 5.69 Å². The van der Waals surface area contributed by atoms with E-state index >= 15 is 0 Å².